The number of hydrogen-bond acceptors (Lipinski definition) is 3. The number of amides is 1. The van der Waals surface area contributed by atoms with E-state index >= 15 is 0 Å². The van der Waals surface area contributed by atoms with Gasteiger partial charge in [-0.2, -0.15) is 5.10 Å². The molecule has 0 radical (unpaired) electrons. The summed E-state index contributed by atoms with van der Waals surface area (Å²) in [7, 11) is 0. The van der Waals surface area contributed by atoms with Gasteiger partial charge in [-0.15, -0.1) is 12.4 Å². The van der Waals surface area contributed by atoms with Crippen LogP contribution in [0.5, 0.6) is 0 Å². The lowest BCUT2D eigenvalue weighted by molar-refractivity contribution is 0.0944. The van der Waals surface area contributed by atoms with Crippen molar-refractivity contribution in [3.63, 3.8) is 0 Å². The van der Waals surface area contributed by atoms with Crippen molar-refractivity contribution < 1.29 is 9.18 Å². The van der Waals surface area contributed by atoms with Crippen LogP contribution in [-0.2, 0) is 12.8 Å². The van der Waals surface area contributed by atoms with E-state index < -0.39 is 0 Å². The molecule has 1 aromatic carbocycles. The Labute approximate surface area is 165 Å². The molecule has 27 heavy (non-hydrogen) atoms. The normalized spacial score (nSPS) is 18.6. The fourth-order valence-electron chi connectivity index (χ4n) is 4.09. The van der Waals surface area contributed by atoms with Crippen molar-refractivity contribution in [1.29, 1.82) is 0 Å². The summed E-state index contributed by atoms with van der Waals surface area (Å²) in [5.41, 5.74) is 2.82. The molecular formula is C20H26ClFN4O. The Hall–Kier alpha value is -1.92. The number of piperidine rings is 1. The van der Waals surface area contributed by atoms with E-state index in [1.807, 2.05) is 0 Å². The number of benzene rings is 1. The third kappa shape index (κ3) is 4.17. The number of carbonyl (C=O) groups excluding carboxylic acids is 1. The summed E-state index contributed by atoms with van der Waals surface area (Å²) in [4.78, 5) is 12.7. The zero-order valence-corrected chi connectivity index (χ0v) is 16.2. The van der Waals surface area contributed by atoms with Gasteiger partial charge in [0.05, 0.1) is 0 Å². The SMILES string of the molecule is Cl.O=C(NCCC1CCCNC1)c1nn(-c2ccccc2F)c2c1CCC2. The monoisotopic (exact) mass is 392 g/mol. The molecule has 1 aliphatic carbocycles. The summed E-state index contributed by atoms with van der Waals surface area (Å²) in [5, 5.41) is 10.9. The van der Waals surface area contributed by atoms with Gasteiger partial charge in [-0.05, 0) is 69.7 Å². The molecule has 1 aliphatic heterocycles. The first-order chi connectivity index (χ1) is 12.7. The number of para-hydroxylation sites is 1. The third-order valence-corrected chi connectivity index (χ3v) is 5.46. The van der Waals surface area contributed by atoms with E-state index in [2.05, 4.69) is 15.7 Å². The highest BCUT2D eigenvalue weighted by molar-refractivity contribution is 5.94. The molecule has 2 aliphatic rings. The van der Waals surface area contributed by atoms with Gasteiger partial charge in [0.15, 0.2) is 5.69 Å². The summed E-state index contributed by atoms with van der Waals surface area (Å²) in [5.74, 6) is 0.175. The maximum atomic E-state index is 14.2. The molecule has 1 amide bonds. The van der Waals surface area contributed by atoms with E-state index in [4.69, 9.17) is 0 Å². The number of halogens is 2. The molecule has 0 bridgehead atoms. The Morgan fingerprint density at radius 2 is 2.15 bits per heavy atom. The van der Waals surface area contributed by atoms with Crippen LogP contribution in [0.3, 0.4) is 0 Å². The second-order valence-corrected chi connectivity index (χ2v) is 7.25. The summed E-state index contributed by atoms with van der Waals surface area (Å²) in [6, 6.07) is 6.59. The van der Waals surface area contributed by atoms with E-state index in [0.29, 0.717) is 23.8 Å². The minimum Gasteiger partial charge on any atom is -0.351 e. The molecule has 146 valence electrons. The molecule has 2 aromatic rings. The van der Waals surface area contributed by atoms with E-state index in [0.717, 1.165) is 50.0 Å². The van der Waals surface area contributed by atoms with Gasteiger partial charge < -0.3 is 10.6 Å². The Bertz CT molecular complexity index is 801. The number of aromatic nitrogens is 2. The summed E-state index contributed by atoms with van der Waals surface area (Å²) in [6.07, 6.45) is 6.06. The zero-order chi connectivity index (χ0) is 17.9. The topological polar surface area (TPSA) is 59.0 Å². The summed E-state index contributed by atoms with van der Waals surface area (Å²) < 4.78 is 15.8. The van der Waals surface area contributed by atoms with Crippen LogP contribution in [0.25, 0.3) is 5.69 Å². The van der Waals surface area contributed by atoms with Crippen molar-refractivity contribution in [2.75, 3.05) is 19.6 Å². The molecule has 0 saturated carbocycles. The molecule has 1 unspecified atom stereocenters. The van der Waals surface area contributed by atoms with Crippen LogP contribution in [0, 0.1) is 11.7 Å². The lowest BCUT2D eigenvalue weighted by Crippen LogP contribution is -2.33. The summed E-state index contributed by atoms with van der Waals surface area (Å²) in [6.45, 7) is 2.79. The van der Waals surface area contributed by atoms with E-state index in [1.165, 1.54) is 18.9 Å². The highest BCUT2D eigenvalue weighted by Gasteiger charge is 2.27. The average molecular weight is 393 g/mol. The van der Waals surface area contributed by atoms with Crippen LogP contribution in [-0.4, -0.2) is 35.3 Å². The third-order valence-electron chi connectivity index (χ3n) is 5.46. The zero-order valence-electron chi connectivity index (χ0n) is 15.3. The van der Waals surface area contributed by atoms with Crippen LogP contribution in [0.15, 0.2) is 24.3 Å². The van der Waals surface area contributed by atoms with Crippen molar-refractivity contribution >= 4 is 18.3 Å². The van der Waals surface area contributed by atoms with E-state index in [1.54, 1.807) is 22.9 Å². The minimum absolute atomic E-state index is 0. The minimum atomic E-state index is -0.318. The number of carbonyl (C=O) groups is 1. The lowest BCUT2D eigenvalue weighted by Gasteiger charge is -2.22. The highest BCUT2D eigenvalue weighted by atomic mass is 35.5. The molecular weight excluding hydrogens is 367 g/mol. The van der Waals surface area contributed by atoms with Gasteiger partial charge in [0.2, 0.25) is 0 Å². The van der Waals surface area contributed by atoms with Gasteiger partial charge in [-0.1, -0.05) is 12.1 Å². The van der Waals surface area contributed by atoms with Gasteiger partial charge in [0.25, 0.3) is 5.91 Å². The molecule has 1 fully saturated rings. The Morgan fingerprint density at radius 1 is 1.30 bits per heavy atom. The molecule has 2 N–H and O–H groups in total. The molecule has 1 atom stereocenters. The fraction of sp³-hybridized carbons (Fsp3) is 0.500. The Morgan fingerprint density at radius 3 is 2.93 bits per heavy atom. The predicted molar refractivity (Wildman–Crippen MR) is 105 cm³/mol. The smallest absolute Gasteiger partial charge is 0.272 e. The predicted octanol–water partition coefficient (Wildman–Crippen LogP) is 3.04. The van der Waals surface area contributed by atoms with Crippen molar-refractivity contribution in [2.24, 2.45) is 5.92 Å². The number of rotatable bonds is 5. The lowest BCUT2D eigenvalue weighted by atomic mass is 9.96. The maximum Gasteiger partial charge on any atom is 0.272 e. The Kier molecular flexibility index (Phi) is 6.50. The van der Waals surface area contributed by atoms with Crippen molar-refractivity contribution in [3.05, 3.63) is 47.0 Å². The largest absolute Gasteiger partial charge is 0.351 e. The van der Waals surface area contributed by atoms with Gasteiger partial charge >= 0.3 is 0 Å². The molecule has 0 spiro atoms. The second kappa shape index (κ2) is 8.85. The number of nitrogens with zero attached hydrogens (tertiary/aromatic N) is 2. The first kappa shape index (κ1) is 19.8. The highest BCUT2D eigenvalue weighted by Crippen LogP contribution is 2.28. The fourth-order valence-corrected chi connectivity index (χ4v) is 4.09. The van der Waals surface area contributed by atoms with Crippen molar-refractivity contribution in [3.8, 4) is 5.69 Å². The van der Waals surface area contributed by atoms with Crippen molar-refractivity contribution in [2.45, 2.75) is 38.5 Å². The van der Waals surface area contributed by atoms with Crippen LogP contribution in [0.2, 0.25) is 0 Å². The van der Waals surface area contributed by atoms with Crippen LogP contribution in [0.4, 0.5) is 4.39 Å². The van der Waals surface area contributed by atoms with Gasteiger partial charge in [-0.25, -0.2) is 9.07 Å². The second-order valence-electron chi connectivity index (χ2n) is 7.25. The maximum absolute atomic E-state index is 14.2. The van der Waals surface area contributed by atoms with Gasteiger partial charge in [-0.3, -0.25) is 4.79 Å². The first-order valence-electron chi connectivity index (χ1n) is 9.58. The average Bonchev–Trinajstić information content (AvgIpc) is 3.26. The van der Waals surface area contributed by atoms with Crippen LogP contribution >= 0.6 is 12.4 Å². The van der Waals surface area contributed by atoms with Gasteiger partial charge in [0.1, 0.15) is 11.5 Å². The Balaban J connectivity index is 0.00000210. The van der Waals surface area contributed by atoms with Crippen molar-refractivity contribution in [1.82, 2.24) is 20.4 Å². The number of nitrogens with one attached hydrogen (secondary N) is 2. The molecule has 1 aromatic heterocycles. The van der Waals surface area contributed by atoms with Crippen LogP contribution in [0.1, 0.15) is 47.4 Å². The standard InChI is InChI=1S/C20H25FN4O.ClH/c21-16-7-1-2-8-18(16)25-17-9-3-6-15(17)19(24-25)20(26)23-12-10-14-5-4-11-22-13-14;/h1-2,7-8,14,22H,3-6,9-13H2,(H,23,26);1H. The molecule has 4 rings (SSSR count). The number of fused-ring (bicyclic) bond motifs is 1. The molecule has 5 nitrogen and oxygen atoms in total. The molecule has 1 saturated heterocycles. The summed E-state index contributed by atoms with van der Waals surface area (Å²) >= 11 is 0. The number of hydrogen-bond donors (Lipinski definition) is 2. The van der Waals surface area contributed by atoms with E-state index in [-0.39, 0.29) is 24.1 Å². The molecule has 2 heterocycles. The molecule has 7 heteroatoms. The first-order valence-corrected chi connectivity index (χ1v) is 9.58. The quantitative estimate of drug-likeness (QED) is 0.822. The van der Waals surface area contributed by atoms with Gasteiger partial charge in [0, 0.05) is 17.8 Å². The van der Waals surface area contributed by atoms with Crippen LogP contribution < -0.4 is 10.6 Å². The van der Waals surface area contributed by atoms with E-state index in [9.17, 15) is 9.18 Å².